The zero-order valence-corrected chi connectivity index (χ0v) is 29.0. The molecule has 0 aliphatic carbocycles. The van der Waals surface area contributed by atoms with Crippen molar-refractivity contribution in [3.8, 4) is 11.5 Å². The van der Waals surface area contributed by atoms with Crippen molar-refractivity contribution < 1.29 is 37.3 Å². The van der Waals surface area contributed by atoms with E-state index in [9.17, 15) is 23.1 Å². The van der Waals surface area contributed by atoms with Gasteiger partial charge in [0.25, 0.3) is 21.8 Å². The van der Waals surface area contributed by atoms with Gasteiger partial charge in [0.2, 0.25) is 0 Å². The molecule has 0 saturated heterocycles. The molecule has 2 amide bonds. The predicted molar refractivity (Wildman–Crippen MR) is 182 cm³/mol. The highest BCUT2D eigenvalue weighted by atomic mass is 32.2. The van der Waals surface area contributed by atoms with Crippen molar-refractivity contribution in [2.75, 3.05) is 45.2 Å². The lowest BCUT2D eigenvalue weighted by Crippen LogP contribution is -2.48. The van der Waals surface area contributed by atoms with E-state index in [1.54, 1.807) is 72.6 Å². The zero-order valence-electron chi connectivity index (χ0n) is 28.2. The number of rotatable bonds is 9. The number of pyridine rings is 1. The summed E-state index contributed by atoms with van der Waals surface area (Å²) < 4.78 is 46.8. The Balaban J connectivity index is 1.65. The number of aliphatic hydroxyl groups is 1. The number of benzene rings is 2. The molecule has 1 aliphatic heterocycles. The number of methoxy groups -OCH3 is 1. The second-order valence-corrected chi connectivity index (χ2v) is 13.9. The number of carbonyl (C=O) groups is 2. The van der Waals surface area contributed by atoms with E-state index in [-0.39, 0.29) is 53.8 Å². The van der Waals surface area contributed by atoms with Crippen LogP contribution in [0.25, 0.3) is 0 Å². The Hall–Kier alpha value is -4.20. The van der Waals surface area contributed by atoms with Crippen molar-refractivity contribution in [1.29, 1.82) is 0 Å². The molecule has 4 rings (SSSR count). The van der Waals surface area contributed by atoms with Gasteiger partial charge in [0.1, 0.15) is 11.5 Å². The number of ether oxygens (including phenoxy) is 3. The molecule has 13 heteroatoms. The fourth-order valence-electron chi connectivity index (χ4n) is 5.49. The topological polar surface area (TPSA) is 148 Å². The van der Waals surface area contributed by atoms with Gasteiger partial charge in [-0.3, -0.25) is 19.3 Å². The Labute approximate surface area is 283 Å². The van der Waals surface area contributed by atoms with Gasteiger partial charge in [-0.25, -0.2) is 8.42 Å². The standard InChI is InChI=1S/C35H46N4O8S/c1-24-21-39(25(2)23-40)35(42)31-20-28(37-48(43,44)30-12-10-29(45-5)11-13-30)9-14-32(31)47-26(3)8-6-7-19-46-33(24)22-38(4)34(41)27-15-17-36-18-16-27/h9-18,20,24-26,33,37,40H,6-8,19,21-23H2,1-5H3/t24-,25-,26+,33-/m0/s1. The molecule has 0 spiro atoms. The van der Waals surface area contributed by atoms with E-state index in [0.29, 0.717) is 30.1 Å². The van der Waals surface area contributed by atoms with Crippen LogP contribution in [0.5, 0.6) is 11.5 Å². The SMILES string of the molecule is COc1ccc(S(=O)(=O)Nc2ccc3c(c2)C(=O)N([C@@H](C)CO)C[C@H](C)[C@H](CN(C)C(=O)c2ccncc2)OCCCC[C@@H](C)O3)cc1. The molecule has 0 saturated carbocycles. The fourth-order valence-corrected chi connectivity index (χ4v) is 6.53. The Bertz CT molecular complexity index is 1620. The number of likely N-dealkylation sites (N-methyl/N-ethyl adjacent to an activating group) is 1. The van der Waals surface area contributed by atoms with Crippen LogP contribution in [0.4, 0.5) is 5.69 Å². The molecule has 1 aromatic heterocycles. The molecule has 1 aliphatic rings. The summed E-state index contributed by atoms with van der Waals surface area (Å²) in [6, 6.07) is 13.3. The highest BCUT2D eigenvalue weighted by molar-refractivity contribution is 7.92. The summed E-state index contributed by atoms with van der Waals surface area (Å²) in [7, 11) is -0.784. The van der Waals surface area contributed by atoms with Crippen LogP contribution >= 0.6 is 0 Å². The van der Waals surface area contributed by atoms with Crippen LogP contribution in [-0.4, -0.2) is 98.8 Å². The van der Waals surface area contributed by atoms with Gasteiger partial charge in [-0.1, -0.05) is 6.92 Å². The van der Waals surface area contributed by atoms with Crippen LogP contribution in [0.15, 0.2) is 71.9 Å². The normalized spacial score (nSPS) is 20.1. The second-order valence-electron chi connectivity index (χ2n) is 12.2. The van der Waals surface area contributed by atoms with Crippen LogP contribution in [0, 0.1) is 5.92 Å². The third-order valence-electron chi connectivity index (χ3n) is 8.40. The average Bonchev–Trinajstić information content (AvgIpc) is 3.09. The maximum Gasteiger partial charge on any atom is 0.261 e. The maximum atomic E-state index is 14.4. The number of amides is 2. The Morgan fingerprint density at radius 1 is 1.12 bits per heavy atom. The number of nitrogens with one attached hydrogen (secondary N) is 1. The quantitative estimate of drug-likeness (QED) is 0.334. The third-order valence-corrected chi connectivity index (χ3v) is 9.80. The number of aromatic nitrogens is 1. The lowest BCUT2D eigenvalue weighted by Gasteiger charge is -2.36. The molecule has 48 heavy (non-hydrogen) atoms. The predicted octanol–water partition coefficient (Wildman–Crippen LogP) is 4.46. The Morgan fingerprint density at radius 3 is 2.50 bits per heavy atom. The molecule has 2 heterocycles. The van der Waals surface area contributed by atoms with Crippen molar-refractivity contribution in [1.82, 2.24) is 14.8 Å². The van der Waals surface area contributed by atoms with E-state index >= 15 is 0 Å². The van der Waals surface area contributed by atoms with Gasteiger partial charge < -0.3 is 29.1 Å². The summed E-state index contributed by atoms with van der Waals surface area (Å²) in [6.45, 7) is 6.24. The molecule has 0 radical (unpaired) electrons. The number of fused-ring (bicyclic) bond motifs is 1. The summed E-state index contributed by atoms with van der Waals surface area (Å²) >= 11 is 0. The van der Waals surface area contributed by atoms with Gasteiger partial charge in [-0.15, -0.1) is 0 Å². The van der Waals surface area contributed by atoms with Crippen molar-refractivity contribution in [2.24, 2.45) is 5.92 Å². The van der Waals surface area contributed by atoms with Crippen molar-refractivity contribution >= 4 is 27.5 Å². The molecule has 0 fully saturated rings. The summed E-state index contributed by atoms with van der Waals surface area (Å²) in [4.78, 5) is 34.7. The van der Waals surface area contributed by atoms with Gasteiger partial charge >= 0.3 is 0 Å². The van der Waals surface area contributed by atoms with Crippen LogP contribution < -0.4 is 14.2 Å². The number of anilines is 1. The fraction of sp³-hybridized carbons (Fsp3) is 0.457. The van der Waals surface area contributed by atoms with Crippen LogP contribution in [0.2, 0.25) is 0 Å². The summed E-state index contributed by atoms with van der Waals surface area (Å²) in [5.74, 6) is -0.0279. The number of hydrogen-bond donors (Lipinski definition) is 2. The van der Waals surface area contributed by atoms with Gasteiger partial charge in [-0.2, -0.15) is 0 Å². The van der Waals surface area contributed by atoms with Crippen LogP contribution in [-0.2, 0) is 14.8 Å². The highest BCUT2D eigenvalue weighted by Gasteiger charge is 2.31. The maximum absolute atomic E-state index is 14.4. The van der Waals surface area contributed by atoms with E-state index in [4.69, 9.17) is 14.2 Å². The van der Waals surface area contributed by atoms with E-state index in [1.165, 1.54) is 25.3 Å². The summed E-state index contributed by atoms with van der Waals surface area (Å²) in [5.41, 5.74) is 0.844. The molecule has 260 valence electrons. The van der Waals surface area contributed by atoms with Crippen molar-refractivity contribution in [3.63, 3.8) is 0 Å². The number of sulfonamides is 1. The second kappa shape index (κ2) is 16.8. The number of nitrogens with zero attached hydrogens (tertiary/aromatic N) is 3. The first kappa shape index (κ1) is 36.6. The lowest BCUT2D eigenvalue weighted by atomic mass is 10.0. The molecule has 2 aromatic carbocycles. The molecule has 3 aromatic rings. The molecule has 12 nitrogen and oxygen atoms in total. The van der Waals surface area contributed by atoms with Crippen LogP contribution in [0.3, 0.4) is 0 Å². The Kier molecular flexibility index (Phi) is 12.8. The first-order valence-electron chi connectivity index (χ1n) is 16.1. The molecular weight excluding hydrogens is 636 g/mol. The minimum atomic E-state index is -3.99. The van der Waals surface area contributed by atoms with Crippen molar-refractivity contribution in [3.05, 3.63) is 78.1 Å². The number of aliphatic hydroxyl groups excluding tert-OH is 1. The van der Waals surface area contributed by atoms with Gasteiger partial charge in [0.05, 0.1) is 42.4 Å². The molecule has 0 bridgehead atoms. The van der Waals surface area contributed by atoms with E-state index in [0.717, 1.165) is 12.8 Å². The molecule has 2 N–H and O–H groups in total. The first-order valence-corrected chi connectivity index (χ1v) is 17.6. The molecular formula is C35H46N4O8S. The highest BCUT2D eigenvalue weighted by Crippen LogP contribution is 2.30. The zero-order chi connectivity index (χ0) is 34.8. The Morgan fingerprint density at radius 2 is 1.83 bits per heavy atom. The largest absolute Gasteiger partial charge is 0.497 e. The molecule has 4 atom stereocenters. The summed E-state index contributed by atoms with van der Waals surface area (Å²) in [6.07, 6.45) is 4.75. The van der Waals surface area contributed by atoms with Crippen molar-refractivity contribution in [2.45, 2.75) is 63.2 Å². The summed E-state index contributed by atoms with van der Waals surface area (Å²) in [5, 5.41) is 10.2. The number of hydrogen-bond acceptors (Lipinski definition) is 9. The minimum Gasteiger partial charge on any atom is -0.497 e. The van der Waals surface area contributed by atoms with E-state index < -0.39 is 28.1 Å². The third kappa shape index (κ3) is 9.45. The average molecular weight is 683 g/mol. The van der Waals surface area contributed by atoms with Crippen LogP contribution in [0.1, 0.15) is 60.7 Å². The van der Waals surface area contributed by atoms with Gasteiger partial charge in [-0.05, 0) is 87.7 Å². The smallest absolute Gasteiger partial charge is 0.261 e. The van der Waals surface area contributed by atoms with E-state index in [1.807, 2.05) is 13.8 Å². The van der Waals surface area contributed by atoms with Gasteiger partial charge in [0, 0.05) is 56.3 Å². The lowest BCUT2D eigenvalue weighted by molar-refractivity contribution is -0.0149. The first-order chi connectivity index (χ1) is 22.9. The van der Waals surface area contributed by atoms with Gasteiger partial charge in [0.15, 0.2) is 0 Å². The van der Waals surface area contributed by atoms with E-state index in [2.05, 4.69) is 9.71 Å². The monoisotopic (exact) mass is 682 g/mol. The minimum absolute atomic E-state index is 0.0300. The molecule has 0 unspecified atom stereocenters. The number of carbonyl (C=O) groups excluding carboxylic acids is 2.